The molecular weight excluding hydrogens is 272 g/mol. The van der Waals surface area contributed by atoms with Crippen LogP contribution in [-0.2, 0) is 0 Å². The van der Waals surface area contributed by atoms with Gasteiger partial charge in [0.05, 0.1) is 4.92 Å². The van der Waals surface area contributed by atoms with Crippen LogP contribution in [0.15, 0.2) is 24.3 Å². The van der Waals surface area contributed by atoms with Gasteiger partial charge in [-0.25, -0.2) is 0 Å². The fraction of sp³-hybridized carbons (Fsp3) is 0.385. The molecule has 0 bridgehead atoms. The second-order valence-corrected chi connectivity index (χ2v) is 4.88. The van der Waals surface area contributed by atoms with Crippen LogP contribution in [0.25, 0.3) is 11.4 Å². The number of rotatable bonds is 3. The van der Waals surface area contributed by atoms with Crippen LogP contribution in [0.5, 0.6) is 0 Å². The molecule has 0 amide bonds. The number of aromatic amines is 1. The van der Waals surface area contributed by atoms with Crippen molar-refractivity contribution >= 4 is 11.6 Å². The first-order valence-electron chi connectivity index (χ1n) is 6.87. The van der Waals surface area contributed by atoms with Crippen molar-refractivity contribution in [3.63, 3.8) is 0 Å². The van der Waals surface area contributed by atoms with E-state index in [1.807, 2.05) is 0 Å². The number of hydrogen-bond donors (Lipinski definition) is 2. The summed E-state index contributed by atoms with van der Waals surface area (Å²) in [5, 5.41) is 21.2. The lowest BCUT2D eigenvalue weighted by Crippen LogP contribution is -2.28. The normalized spacial score (nSPS) is 15.7. The number of aromatic nitrogens is 3. The van der Waals surface area contributed by atoms with Crippen LogP contribution in [0.1, 0.15) is 6.42 Å². The zero-order chi connectivity index (χ0) is 14.7. The topological polar surface area (TPSA) is 100.0 Å². The van der Waals surface area contributed by atoms with Crippen LogP contribution >= 0.6 is 0 Å². The molecule has 2 N–H and O–H groups in total. The molecule has 8 heteroatoms. The second kappa shape index (κ2) is 5.88. The second-order valence-electron chi connectivity index (χ2n) is 4.88. The van der Waals surface area contributed by atoms with Gasteiger partial charge in [0.15, 0.2) is 5.82 Å². The molecule has 1 fully saturated rings. The highest BCUT2D eigenvalue weighted by atomic mass is 16.6. The Morgan fingerprint density at radius 1 is 1.29 bits per heavy atom. The molecule has 0 unspecified atom stereocenters. The molecule has 1 aliphatic heterocycles. The Kier molecular flexibility index (Phi) is 3.78. The summed E-state index contributed by atoms with van der Waals surface area (Å²) in [7, 11) is 0. The van der Waals surface area contributed by atoms with Gasteiger partial charge >= 0.3 is 0 Å². The molecule has 8 nitrogen and oxygen atoms in total. The number of nitro benzene ring substituents is 1. The Morgan fingerprint density at radius 3 is 3.05 bits per heavy atom. The molecule has 2 heterocycles. The van der Waals surface area contributed by atoms with E-state index < -0.39 is 4.92 Å². The van der Waals surface area contributed by atoms with E-state index in [2.05, 4.69) is 25.4 Å². The first kappa shape index (κ1) is 13.5. The third-order valence-corrected chi connectivity index (χ3v) is 3.43. The maximum absolute atomic E-state index is 10.8. The van der Waals surface area contributed by atoms with E-state index in [4.69, 9.17) is 0 Å². The maximum Gasteiger partial charge on any atom is 0.270 e. The van der Waals surface area contributed by atoms with E-state index >= 15 is 0 Å². The van der Waals surface area contributed by atoms with Crippen LogP contribution < -0.4 is 10.2 Å². The summed E-state index contributed by atoms with van der Waals surface area (Å²) in [6.45, 7) is 3.66. The van der Waals surface area contributed by atoms with Crippen LogP contribution in [0.4, 0.5) is 11.6 Å². The van der Waals surface area contributed by atoms with Crippen molar-refractivity contribution in [2.75, 3.05) is 31.1 Å². The lowest BCUT2D eigenvalue weighted by molar-refractivity contribution is -0.384. The molecule has 1 saturated heterocycles. The minimum Gasteiger partial charge on any atom is -0.338 e. The van der Waals surface area contributed by atoms with Crippen molar-refractivity contribution < 1.29 is 4.92 Å². The molecule has 3 rings (SSSR count). The summed E-state index contributed by atoms with van der Waals surface area (Å²) >= 11 is 0. The minimum atomic E-state index is -0.415. The molecule has 21 heavy (non-hydrogen) atoms. The molecule has 0 spiro atoms. The van der Waals surface area contributed by atoms with Gasteiger partial charge in [0.25, 0.3) is 5.69 Å². The fourth-order valence-corrected chi connectivity index (χ4v) is 2.34. The predicted molar refractivity (Wildman–Crippen MR) is 78.2 cm³/mol. The Bertz CT molecular complexity index is 633. The molecule has 0 radical (unpaired) electrons. The van der Waals surface area contributed by atoms with Crippen molar-refractivity contribution in [3.05, 3.63) is 34.4 Å². The number of H-pyrrole nitrogens is 1. The van der Waals surface area contributed by atoms with Crippen LogP contribution in [-0.4, -0.2) is 46.3 Å². The molecule has 0 saturated carbocycles. The van der Waals surface area contributed by atoms with Crippen molar-refractivity contribution in [2.45, 2.75) is 6.42 Å². The third kappa shape index (κ3) is 3.00. The highest BCUT2D eigenvalue weighted by molar-refractivity contribution is 5.60. The van der Waals surface area contributed by atoms with Gasteiger partial charge in [-0.3, -0.25) is 15.2 Å². The zero-order valence-corrected chi connectivity index (χ0v) is 11.5. The van der Waals surface area contributed by atoms with Gasteiger partial charge in [-0.05, 0) is 13.0 Å². The number of anilines is 1. The molecule has 2 aromatic rings. The van der Waals surface area contributed by atoms with Crippen molar-refractivity contribution in [3.8, 4) is 11.4 Å². The first-order valence-corrected chi connectivity index (χ1v) is 6.87. The number of nitrogens with zero attached hydrogens (tertiary/aromatic N) is 4. The van der Waals surface area contributed by atoms with Crippen molar-refractivity contribution in [1.82, 2.24) is 20.5 Å². The molecule has 1 aliphatic rings. The molecule has 1 aromatic heterocycles. The van der Waals surface area contributed by atoms with E-state index in [0.717, 1.165) is 32.6 Å². The smallest absolute Gasteiger partial charge is 0.270 e. The lowest BCUT2D eigenvalue weighted by Gasteiger charge is -2.16. The van der Waals surface area contributed by atoms with Gasteiger partial charge in [0, 0.05) is 37.3 Å². The predicted octanol–water partition coefficient (Wildman–Crippen LogP) is 1.18. The minimum absolute atomic E-state index is 0.0458. The molecule has 0 aliphatic carbocycles. The van der Waals surface area contributed by atoms with E-state index in [0.29, 0.717) is 17.3 Å². The molecular formula is C13H16N6O2. The largest absolute Gasteiger partial charge is 0.338 e. The van der Waals surface area contributed by atoms with Gasteiger partial charge < -0.3 is 10.2 Å². The fourth-order valence-electron chi connectivity index (χ4n) is 2.34. The van der Waals surface area contributed by atoms with E-state index in [9.17, 15) is 10.1 Å². The van der Waals surface area contributed by atoms with Crippen LogP contribution in [0.3, 0.4) is 0 Å². The van der Waals surface area contributed by atoms with Crippen molar-refractivity contribution in [2.24, 2.45) is 0 Å². The van der Waals surface area contributed by atoms with Gasteiger partial charge in [-0.15, -0.1) is 5.10 Å². The Hall–Kier alpha value is -2.48. The number of nitro groups is 1. The van der Waals surface area contributed by atoms with E-state index in [1.165, 1.54) is 12.1 Å². The number of benzene rings is 1. The molecule has 0 atom stereocenters. The maximum atomic E-state index is 10.8. The summed E-state index contributed by atoms with van der Waals surface area (Å²) in [6.07, 6.45) is 1.04. The molecule has 1 aromatic carbocycles. The molecule has 110 valence electrons. The average Bonchev–Trinajstić information content (AvgIpc) is 2.83. The number of hydrogen-bond acceptors (Lipinski definition) is 6. The average molecular weight is 288 g/mol. The monoisotopic (exact) mass is 288 g/mol. The Labute approximate surface area is 121 Å². The summed E-state index contributed by atoms with van der Waals surface area (Å²) in [4.78, 5) is 17.0. The Morgan fingerprint density at radius 2 is 2.19 bits per heavy atom. The zero-order valence-electron chi connectivity index (χ0n) is 11.5. The highest BCUT2D eigenvalue weighted by Crippen LogP contribution is 2.22. The number of non-ortho nitro benzene ring substituents is 1. The summed E-state index contributed by atoms with van der Waals surface area (Å²) in [5.74, 6) is 1.19. The van der Waals surface area contributed by atoms with E-state index in [1.54, 1.807) is 12.1 Å². The van der Waals surface area contributed by atoms with Gasteiger partial charge in [0.2, 0.25) is 5.95 Å². The quantitative estimate of drug-likeness (QED) is 0.650. The van der Waals surface area contributed by atoms with Crippen molar-refractivity contribution in [1.29, 1.82) is 0 Å². The summed E-state index contributed by atoms with van der Waals surface area (Å²) in [5.41, 5.74) is 0.709. The highest BCUT2D eigenvalue weighted by Gasteiger charge is 2.16. The van der Waals surface area contributed by atoms with Gasteiger partial charge in [-0.2, -0.15) is 4.98 Å². The van der Waals surface area contributed by atoms with Gasteiger partial charge in [-0.1, -0.05) is 12.1 Å². The number of nitrogens with one attached hydrogen (secondary N) is 2. The standard InChI is InChI=1S/C13H16N6O2/c20-19(21)11-4-1-3-10(9-11)12-15-13(17-16-12)18-7-2-5-14-6-8-18/h1,3-4,9,14H,2,5-8H2,(H,15,16,17). The first-order chi connectivity index (χ1) is 10.2. The summed E-state index contributed by atoms with van der Waals surface area (Å²) in [6, 6.07) is 6.38. The van der Waals surface area contributed by atoms with Gasteiger partial charge in [0.1, 0.15) is 0 Å². The third-order valence-electron chi connectivity index (χ3n) is 3.43. The summed E-state index contributed by atoms with van der Waals surface area (Å²) < 4.78 is 0. The lowest BCUT2D eigenvalue weighted by atomic mass is 10.2. The van der Waals surface area contributed by atoms with Crippen LogP contribution in [0, 0.1) is 10.1 Å². The van der Waals surface area contributed by atoms with Crippen LogP contribution in [0.2, 0.25) is 0 Å². The SMILES string of the molecule is O=[N+]([O-])c1cccc(-c2nc(N3CCCNCC3)n[nH]2)c1. The van der Waals surface area contributed by atoms with E-state index in [-0.39, 0.29) is 5.69 Å². The Balaban J connectivity index is 1.84.